The largest absolute Gasteiger partial charge is 0.461 e. The van der Waals surface area contributed by atoms with Crippen molar-refractivity contribution in [3.8, 4) is 0 Å². The Bertz CT molecular complexity index is 377. The van der Waals surface area contributed by atoms with Gasteiger partial charge in [0.25, 0.3) is 0 Å². The Morgan fingerprint density at radius 2 is 1.79 bits per heavy atom. The van der Waals surface area contributed by atoms with E-state index in [2.05, 4.69) is 4.74 Å². The number of rotatable bonds is 6. The van der Waals surface area contributed by atoms with E-state index in [0.717, 1.165) is 0 Å². The smallest absolute Gasteiger partial charge is 0.417 e. The first-order valence-corrected chi connectivity index (χ1v) is 5.59. The van der Waals surface area contributed by atoms with Gasteiger partial charge in [-0.2, -0.15) is 13.2 Å². The van der Waals surface area contributed by atoms with Crippen LogP contribution >= 0.6 is 0 Å². The molecule has 0 aliphatic heterocycles. The summed E-state index contributed by atoms with van der Waals surface area (Å²) in [6.07, 6.45) is -5.41. The summed E-state index contributed by atoms with van der Waals surface area (Å²) in [7, 11) is 0. The second kappa shape index (κ2) is 6.14. The van der Waals surface area contributed by atoms with Gasteiger partial charge in [-0.25, -0.2) is 4.79 Å². The van der Waals surface area contributed by atoms with Crippen molar-refractivity contribution in [2.75, 3.05) is 6.61 Å². The second-order valence-electron chi connectivity index (χ2n) is 4.07. The van der Waals surface area contributed by atoms with E-state index in [1.165, 1.54) is 13.8 Å². The Hall–Kier alpha value is -1.44. The SMILES string of the molecule is CCOC(=O)C(=N)C(=O)[C@H](CC)C(C)(O)C(F)(F)F. The van der Waals surface area contributed by atoms with Crippen molar-refractivity contribution in [2.24, 2.45) is 5.92 Å². The van der Waals surface area contributed by atoms with Gasteiger partial charge >= 0.3 is 12.1 Å². The first kappa shape index (κ1) is 17.6. The average Bonchev–Trinajstić information content (AvgIpc) is 2.27. The summed E-state index contributed by atoms with van der Waals surface area (Å²) in [5.74, 6) is -4.61. The lowest BCUT2D eigenvalue weighted by molar-refractivity contribution is -0.268. The number of esters is 1. The van der Waals surface area contributed by atoms with Gasteiger partial charge in [0, 0.05) is 0 Å². The van der Waals surface area contributed by atoms with Crippen LogP contribution in [-0.4, -0.2) is 41.0 Å². The van der Waals surface area contributed by atoms with Crippen LogP contribution < -0.4 is 0 Å². The molecule has 110 valence electrons. The molecule has 0 fully saturated rings. The average molecular weight is 283 g/mol. The lowest BCUT2D eigenvalue weighted by Gasteiger charge is -2.32. The fraction of sp³-hybridized carbons (Fsp3) is 0.727. The maximum Gasteiger partial charge on any atom is 0.417 e. The molecule has 0 rings (SSSR count). The van der Waals surface area contributed by atoms with Crippen molar-refractivity contribution in [3.63, 3.8) is 0 Å². The Kier molecular flexibility index (Phi) is 5.67. The molecule has 0 aromatic carbocycles. The third-order valence-electron chi connectivity index (χ3n) is 2.70. The third kappa shape index (κ3) is 3.76. The summed E-state index contributed by atoms with van der Waals surface area (Å²) in [4.78, 5) is 22.8. The van der Waals surface area contributed by atoms with Crippen molar-refractivity contribution in [3.05, 3.63) is 0 Å². The number of nitrogens with one attached hydrogen (secondary N) is 1. The molecule has 0 aliphatic carbocycles. The van der Waals surface area contributed by atoms with Gasteiger partial charge in [-0.05, 0) is 20.3 Å². The minimum Gasteiger partial charge on any atom is -0.461 e. The molecule has 0 bridgehead atoms. The summed E-state index contributed by atoms with van der Waals surface area (Å²) in [5, 5.41) is 16.7. The zero-order valence-corrected chi connectivity index (χ0v) is 10.8. The number of hydrogen-bond donors (Lipinski definition) is 2. The van der Waals surface area contributed by atoms with Gasteiger partial charge in [0.15, 0.2) is 17.1 Å². The molecule has 0 spiro atoms. The highest BCUT2D eigenvalue weighted by molar-refractivity contribution is 6.63. The van der Waals surface area contributed by atoms with Gasteiger partial charge in [0.05, 0.1) is 12.5 Å². The topological polar surface area (TPSA) is 87.5 Å². The molecule has 0 radical (unpaired) electrons. The standard InChI is InChI=1S/C11H16F3NO4/c1-4-6(10(3,18)11(12,13)14)8(16)7(15)9(17)19-5-2/h6,15,18H,4-5H2,1-3H3/t6-,10?/m0/s1. The Labute approximate surface area is 108 Å². The van der Waals surface area contributed by atoms with Gasteiger partial charge in [0.1, 0.15) is 0 Å². The predicted molar refractivity (Wildman–Crippen MR) is 59.8 cm³/mol. The summed E-state index contributed by atoms with van der Waals surface area (Å²) >= 11 is 0. The fourth-order valence-electron chi connectivity index (χ4n) is 1.51. The van der Waals surface area contributed by atoms with Crippen LogP contribution in [0.25, 0.3) is 0 Å². The van der Waals surface area contributed by atoms with Gasteiger partial charge in [0.2, 0.25) is 0 Å². The number of alkyl halides is 3. The molecule has 0 saturated carbocycles. The minimum atomic E-state index is -5.04. The number of Topliss-reactive ketones (excluding diaryl/α,β-unsaturated/α-hetero) is 1. The molecule has 0 saturated heterocycles. The Balaban J connectivity index is 5.24. The Morgan fingerprint density at radius 3 is 2.11 bits per heavy atom. The van der Waals surface area contributed by atoms with Gasteiger partial charge < -0.3 is 9.84 Å². The van der Waals surface area contributed by atoms with Gasteiger partial charge in [-0.15, -0.1) is 0 Å². The molecule has 0 heterocycles. The molecule has 5 nitrogen and oxygen atoms in total. The second-order valence-corrected chi connectivity index (χ2v) is 4.07. The van der Waals surface area contributed by atoms with E-state index in [9.17, 15) is 27.9 Å². The van der Waals surface area contributed by atoms with E-state index in [-0.39, 0.29) is 13.0 Å². The van der Waals surface area contributed by atoms with Crippen LogP contribution in [0.3, 0.4) is 0 Å². The van der Waals surface area contributed by atoms with Crippen LogP contribution in [0.2, 0.25) is 0 Å². The normalized spacial score (nSPS) is 16.4. The molecule has 2 N–H and O–H groups in total. The highest BCUT2D eigenvalue weighted by atomic mass is 19.4. The summed E-state index contributed by atoms with van der Waals surface area (Å²) in [6, 6.07) is 0. The molecule has 0 aromatic heterocycles. The lowest BCUT2D eigenvalue weighted by atomic mass is 9.81. The van der Waals surface area contributed by atoms with Crippen LogP contribution in [0.1, 0.15) is 27.2 Å². The summed E-state index contributed by atoms with van der Waals surface area (Å²) < 4.78 is 42.3. The Morgan fingerprint density at radius 1 is 1.32 bits per heavy atom. The highest BCUT2D eigenvalue weighted by Crippen LogP contribution is 2.38. The number of hydrogen-bond acceptors (Lipinski definition) is 5. The summed E-state index contributed by atoms with van der Waals surface area (Å²) in [6.45, 7) is 3.01. The highest BCUT2D eigenvalue weighted by Gasteiger charge is 2.57. The van der Waals surface area contributed by atoms with Crippen LogP contribution in [0, 0.1) is 11.3 Å². The van der Waals surface area contributed by atoms with E-state index in [4.69, 9.17) is 5.41 Å². The third-order valence-corrected chi connectivity index (χ3v) is 2.70. The lowest BCUT2D eigenvalue weighted by Crippen LogP contribution is -2.53. The van der Waals surface area contributed by atoms with E-state index in [1.54, 1.807) is 0 Å². The quantitative estimate of drug-likeness (QED) is 0.439. The van der Waals surface area contributed by atoms with Crippen LogP contribution in [0.4, 0.5) is 13.2 Å². The first-order valence-electron chi connectivity index (χ1n) is 5.59. The van der Waals surface area contributed by atoms with Gasteiger partial charge in [-0.1, -0.05) is 6.92 Å². The molecule has 0 aliphatic rings. The van der Waals surface area contributed by atoms with Crippen molar-refractivity contribution in [2.45, 2.75) is 39.0 Å². The van der Waals surface area contributed by atoms with Gasteiger partial charge in [-0.3, -0.25) is 10.2 Å². The van der Waals surface area contributed by atoms with E-state index < -0.39 is 35.2 Å². The molecule has 1 unspecified atom stereocenters. The molecule has 0 aromatic rings. The van der Waals surface area contributed by atoms with Crippen molar-refractivity contribution >= 4 is 17.5 Å². The minimum absolute atomic E-state index is 0.110. The zero-order chi connectivity index (χ0) is 15.4. The van der Waals surface area contributed by atoms with Crippen molar-refractivity contribution < 1.29 is 32.6 Å². The maximum atomic E-state index is 12.7. The number of carbonyl (C=O) groups is 2. The van der Waals surface area contributed by atoms with Crippen LogP contribution in [0.5, 0.6) is 0 Å². The van der Waals surface area contributed by atoms with E-state index in [1.807, 2.05) is 0 Å². The van der Waals surface area contributed by atoms with Crippen LogP contribution in [0.15, 0.2) is 0 Å². The number of ketones is 1. The van der Waals surface area contributed by atoms with Crippen LogP contribution in [-0.2, 0) is 14.3 Å². The van der Waals surface area contributed by atoms with Crippen molar-refractivity contribution in [1.29, 1.82) is 5.41 Å². The van der Waals surface area contributed by atoms with Crippen molar-refractivity contribution in [1.82, 2.24) is 0 Å². The number of carbonyl (C=O) groups excluding carboxylic acids is 2. The molecular formula is C11H16F3NO4. The molecule has 2 atom stereocenters. The number of aliphatic hydroxyl groups is 1. The summed E-state index contributed by atoms with van der Waals surface area (Å²) in [5.41, 5.74) is -4.50. The molecule has 19 heavy (non-hydrogen) atoms. The van der Waals surface area contributed by atoms with E-state index >= 15 is 0 Å². The maximum absolute atomic E-state index is 12.7. The number of halogens is 3. The molecule has 8 heteroatoms. The molecule has 0 amide bonds. The monoisotopic (exact) mass is 283 g/mol. The zero-order valence-electron chi connectivity index (χ0n) is 10.8. The predicted octanol–water partition coefficient (Wildman–Crippen LogP) is 1.48. The number of ether oxygens (including phenoxy) is 1. The molecular weight excluding hydrogens is 267 g/mol. The van der Waals surface area contributed by atoms with E-state index in [0.29, 0.717) is 6.92 Å². The fourth-order valence-corrected chi connectivity index (χ4v) is 1.51. The first-order chi connectivity index (χ1) is 8.50.